The van der Waals surface area contributed by atoms with Crippen LogP contribution < -0.4 is 0 Å². The van der Waals surface area contributed by atoms with Crippen molar-refractivity contribution in [2.45, 2.75) is 38.8 Å². The van der Waals surface area contributed by atoms with Gasteiger partial charge in [0.15, 0.2) is 0 Å². The number of amides is 1. The zero-order chi connectivity index (χ0) is 20.9. The maximum absolute atomic E-state index is 13.2. The molecule has 1 aliphatic carbocycles. The van der Waals surface area contributed by atoms with Crippen molar-refractivity contribution in [1.29, 1.82) is 0 Å². The first-order valence-electron chi connectivity index (χ1n) is 10.9. The minimum atomic E-state index is -0.208. The lowest BCUT2D eigenvalue weighted by Crippen LogP contribution is -2.56. The minimum absolute atomic E-state index is 0.0433. The summed E-state index contributed by atoms with van der Waals surface area (Å²) in [4.78, 5) is 28.1. The Morgan fingerprint density at radius 2 is 1.70 bits per heavy atom. The second kappa shape index (κ2) is 9.29. The van der Waals surface area contributed by atoms with Gasteiger partial charge in [-0.25, -0.2) is 0 Å². The summed E-state index contributed by atoms with van der Waals surface area (Å²) >= 11 is 0. The van der Waals surface area contributed by atoms with Crippen LogP contribution in [-0.2, 0) is 27.3 Å². The third kappa shape index (κ3) is 4.33. The lowest BCUT2D eigenvalue weighted by molar-refractivity contribution is -0.158. The van der Waals surface area contributed by atoms with Gasteiger partial charge in [-0.05, 0) is 42.7 Å². The first-order chi connectivity index (χ1) is 14.7. The fraction of sp³-hybridized carbons (Fsp3) is 0.385. The number of carbonyl (C=O) groups excluding carboxylic acids is 2. The fourth-order valence-corrected chi connectivity index (χ4v) is 5.04. The molecule has 1 fully saturated rings. The molecule has 1 amide bonds. The summed E-state index contributed by atoms with van der Waals surface area (Å²) < 4.78 is 5.43. The second-order valence-electron chi connectivity index (χ2n) is 8.23. The Morgan fingerprint density at radius 1 is 1.03 bits per heavy atom. The van der Waals surface area contributed by atoms with E-state index >= 15 is 0 Å². The van der Waals surface area contributed by atoms with E-state index in [2.05, 4.69) is 36.4 Å². The number of hydrogen-bond donors (Lipinski definition) is 0. The number of likely N-dealkylation sites (tertiary alicyclic amines) is 1. The van der Waals surface area contributed by atoms with Gasteiger partial charge in [0.2, 0.25) is 5.91 Å². The predicted octanol–water partition coefficient (Wildman–Crippen LogP) is 4.40. The van der Waals surface area contributed by atoms with Crippen molar-refractivity contribution in [3.63, 3.8) is 0 Å². The van der Waals surface area contributed by atoms with Crippen LogP contribution in [0.5, 0.6) is 0 Å². The minimum Gasteiger partial charge on any atom is -0.466 e. The second-order valence-corrected chi connectivity index (χ2v) is 8.23. The van der Waals surface area contributed by atoms with Crippen molar-refractivity contribution in [2.75, 3.05) is 6.61 Å². The van der Waals surface area contributed by atoms with E-state index in [0.717, 1.165) is 12.0 Å². The molecule has 4 heteroatoms. The quantitative estimate of drug-likeness (QED) is 0.530. The van der Waals surface area contributed by atoms with Gasteiger partial charge in [-0.15, -0.1) is 0 Å². The van der Waals surface area contributed by atoms with Gasteiger partial charge in [0.1, 0.15) is 0 Å². The molecule has 30 heavy (non-hydrogen) atoms. The van der Waals surface area contributed by atoms with Crippen molar-refractivity contribution < 1.29 is 14.3 Å². The molecule has 156 valence electrons. The van der Waals surface area contributed by atoms with E-state index in [0.29, 0.717) is 26.0 Å². The molecular formula is C26H29NO3. The largest absolute Gasteiger partial charge is 0.466 e. The van der Waals surface area contributed by atoms with Crippen molar-refractivity contribution in [2.24, 2.45) is 17.8 Å². The number of piperidine rings is 1. The molecule has 0 saturated carbocycles. The Balaban J connectivity index is 1.70. The van der Waals surface area contributed by atoms with Gasteiger partial charge < -0.3 is 9.64 Å². The summed E-state index contributed by atoms with van der Waals surface area (Å²) in [6.45, 7) is 2.80. The summed E-state index contributed by atoms with van der Waals surface area (Å²) in [7, 11) is 0. The van der Waals surface area contributed by atoms with Gasteiger partial charge in [-0.2, -0.15) is 0 Å². The number of fused-ring (bicyclic) bond motifs is 1. The van der Waals surface area contributed by atoms with Gasteiger partial charge >= 0.3 is 5.97 Å². The third-order valence-electron chi connectivity index (χ3n) is 6.38. The van der Waals surface area contributed by atoms with Gasteiger partial charge in [0, 0.05) is 19.0 Å². The number of rotatable bonds is 6. The number of carbonyl (C=O) groups is 2. The molecular weight excluding hydrogens is 374 g/mol. The fourth-order valence-electron chi connectivity index (χ4n) is 5.04. The average molecular weight is 404 g/mol. The summed E-state index contributed by atoms with van der Waals surface area (Å²) in [6.07, 6.45) is 6.08. The van der Waals surface area contributed by atoms with Crippen LogP contribution in [0.1, 0.15) is 30.9 Å². The number of allylic oxidation sites excluding steroid dienone is 2. The molecule has 0 N–H and O–H groups in total. The Kier molecular flexibility index (Phi) is 6.32. The van der Waals surface area contributed by atoms with Crippen LogP contribution in [0.15, 0.2) is 72.8 Å². The van der Waals surface area contributed by atoms with Gasteiger partial charge in [0.05, 0.1) is 12.5 Å². The highest BCUT2D eigenvalue weighted by Gasteiger charge is 2.48. The number of benzene rings is 2. The first kappa shape index (κ1) is 20.4. The lowest BCUT2D eigenvalue weighted by Gasteiger charge is -2.48. The van der Waals surface area contributed by atoms with E-state index in [-0.39, 0.29) is 35.7 Å². The number of ether oxygens (including phenoxy) is 1. The average Bonchev–Trinajstić information content (AvgIpc) is 2.77. The number of esters is 1. The van der Waals surface area contributed by atoms with Gasteiger partial charge in [-0.1, -0.05) is 72.8 Å². The van der Waals surface area contributed by atoms with Crippen LogP contribution in [0.2, 0.25) is 0 Å². The van der Waals surface area contributed by atoms with E-state index in [9.17, 15) is 9.59 Å². The van der Waals surface area contributed by atoms with Crippen molar-refractivity contribution >= 4 is 11.9 Å². The molecule has 2 aliphatic rings. The maximum Gasteiger partial charge on any atom is 0.309 e. The lowest BCUT2D eigenvalue weighted by atomic mass is 9.66. The Labute approximate surface area is 178 Å². The Hall–Kier alpha value is -2.88. The molecule has 0 bridgehead atoms. The summed E-state index contributed by atoms with van der Waals surface area (Å²) in [5.74, 6) is -0.0313. The first-order valence-corrected chi connectivity index (χ1v) is 10.9. The van der Waals surface area contributed by atoms with Crippen LogP contribution in [-0.4, -0.2) is 29.4 Å². The topological polar surface area (TPSA) is 46.6 Å². The predicted molar refractivity (Wildman–Crippen MR) is 116 cm³/mol. The zero-order valence-electron chi connectivity index (χ0n) is 17.4. The van der Waals surface area contributed by atoms with E-state index in [1.807, 2.05) is 48.2 Å². The maximum atomic E-state index is 13.2. The molecule has 1 saturated heterocycles. The molecule has 4 rings (SSSR count). The number of nitrogens with zero attached hydrogens (tertiary/aromatic N) is 1. The highest BCUT2D eigenvalue weighted by atomic mass is 16.5. The van der Waals surface area contributed by atoms with Crippen molar-refractivity contribution in [1.82, 2.24) is 4.90 Å². The van der Waals surface area contributed by atoms with Crippen LogP contribution in [0.4, 0.5) is 0 Å². The van der Waals surface area contributed by atoms with E-state index in [1.54, 1.807) is 0 Å². The molecule has 0 radical (unpaired) electrons. The summed E-state index contributed by atoms with van der Waals surface area (Å²) in [5.41, 5.74) is 2.30. The van der Waals surface area contributed by atoms with Crippen LogP contribution >= 0.6 is 0 Å². The molecule has 0 spiro atoms. The van der Waals surface area contributed by atoms with Crippen molar-refractivity contribution in [3.05, 3.63) is 83.9 Å². The summed E-state index contributed by atoms with van der Waals surface area (Å²) in [6, 6.07) is 20.3. The molecule has 0 aromatic heterocycles. The highest BCUT2D eigenvalue weighted by molar-refractivity contribution is 5.80. The third-order valence-corrected chi connectivity index (χ3v) is 6.38. The molecule has 4 atom stereocenters. The normalized spacial score (nSPS) is 25.6. The molecule has 0 unspecified atom stereocenters. The highest BCUT2D eigenvalue weighted by Crippen LogP contribution is 2.43. The number of hydrogen-bond acceptors (Lipinski definition) is 3. The monoisotopic (exact) mass is 403 g/mol. The standard InChI is InChI=1S/C26H29NO3/c1-2-30-26(29)22-15-9-14-21-17-24(28)27(18-20-12-7-4-8-13-20)23(25(21)22)16-19-10-5-3-6-11-19/h3-14,21-23,25H,2,15-18H2,1H3/t21-,22+,23+,25+/m1/s1. The molecule has 1 aliphatic heterocycles. The van der Waals surface area contributed by atoms with Crippen LogP contribution in [0.25, 0.3) is 0 Å². The van der Waals surface area contributed by atoms with Gasteiger partial charge in [-0.3, -0.25) is 9.59 Å². The molecule has 4 nitrogen and oxygen atoms in total. The Morgan fingerprint density at radius 3 is 2.37 bits per heavy atom. The van der Waals surface area contributed by atoms with E-state index in [4.69, 9.17) is 4.74 Å². The van der Waals surface area contributed by atoms with Gasteiger partial charge in [0.25, 0.3) is 0 Å². The van der Waals surface area contributed by atoms with E-state index < -0.39 is 0 Å². The summed E-state index contributed by atoms with van der Waals surface area (Å²) in [5, 5.41) is 0. The SMILES string of the molecule is CCOC(=O)[C@H]1CC=C[C@@H]2CC(=O)N(Cc3ccccc3)[C@@H](Cc3ccccc3)[C@@H]21. The van der Waals surface area contributed by atoms with Crippen LogP contribution in [0.3, 0.4) is 0 Å². The molecule has 2 aromatic carbocycles. The molecule has 2 aromatic rings. The van der Waals surface area contributed by atoms with E-state index in [1.165, 1.54) is 5.56 Å². The Bertz CT molecular complexity index is 893. The van der Waals surface area contributed by atoms with Crippen LogP contribution in [0, 0.1) is 17.8 Å². The molecule has 1 heterocycles. The van der Waals surface area contributed by atoms with Crippen molar-refractivity contribution in [3.8, 4) is 0 Å². The zero-order valence-corrected chi connectivity index (χ0v) is 17.4. The smallest absolute Gasteiger partial charge is 0.309 e.